The number of aliphatic carboxylic acids is 1. The second-order valence-corrected chi connectivity index (χ2v) is 5.58. The zero-order valence-corrected chi connectivity index (χ0v) is 13.5. The summed E-state index contributed by atoms with van der Waals surface area (Å²) in [5.74, 6) is -0.693. The molecule has 3 heteroatoms. The van der Waals surface area contributed by atoms with Crippen molar-refractivity contribution in [2.75, 3.05) is 0 Å². The average Bonchev–Trinajstić information content (AvgIpc) is 2.44. The highest BCUT2D eigenvalue weighted by Crippen LogP contribution is 2.08. The number of rotatable bonds is 14. The predicted octanol–water partition coefficient (Wildman–Crippen LogP) is 4.86. The molecule has 122 valence electrons. The summed E-state index contributed by atoms with van der Waals surface area (Å²) in [6.45, 7) is 2.16. The Kier molecular flexibility index (Phi) is 14.5. The van der Waals surface area contributed by atoms with E-state index in [1.54, 1.807) is 0 Å². The van der Waals surface area contributed by atoms with Crippen LogP contribution in [-0.2, 0) is 4.79 Å². The predicted molar refractivity (Wildman–Crippen MR) is 88.4 cm³/mol. The van der Waals surface area contributed by atoms with E-state index in [1.807, 2.05) is 18.2 Å². The van der Waals surface area contributed by atoms with E-state index in [9.17, 15) is 9.90 Å². The zero-order chi connectivity index (χ0) is 15.8. The fourth-order valence-corrected chi connectivity index (χ4v) is 2.14. The average molecular weight is 296 g/mol. The lowest BCUT2D eigenvalue weighted by Crippen LogP contribution is -2.00. The normalized spacial score (nSPS) is 13.2. The fourth-order valence-electron chi connectivity index (χ4n) is 2.14. The van der Waals surface area contributed by atoms with E-state index in [1.165, 1.54) is 12.8 Å². The van der Waals surface area contributed by atoms with Crippen LogP contribution < -0.4 is 0 Å². The molecule has 0 heterocycles. The van der Waals surface area contributed by atoms with Gasteiger partial charge in [-0.2, -0.15) is 0 Å². The van der Waals surface area contributed by atoms with Crippen LogP contribution >= 0.6 is 0 Å². The lowest BCUT2D eigenvalue weighted by Gasteiger charge is -2.03. The van der Waals surface area contributed by atoms with Gasteiger partial charge in [-0.3, -0.25) is 4.79 Å². The summed E-state index contributed by atoms with van der Waals surface area (Å²) >= 11 is 0. The molecule has 0 radical (unpaired) electrons. The topological polar surface area (TPSA) is 57.5 Å². The maximum atomic E-state index is 10.3. The number of carboxylic acid groups (broad SMARTS) is 1. The van der Waals surface area contributed by atoms with Crippen LogP contribution in [0.1, 0.15) is 77.6 Å². The number of unbranched alkanes of at least 4 members (excludes halogenated alkanes) is 7. The quantitative estimate of drug-likeness (QED) is 0.355. The molecule has 0 saturated heterocycles. The first-order valence-corrected chi connectivity index (χ1v) is 8.40. The van der Waals surface area contributed by atoms with Crippen LogP contribution in [0.4, 0.5) is 0 Å². The van der Waals surface area contributed by atoms with E-state index in [2.05, 4.69) is 13.0 Å². The number of carbonyl (C=O) groups is 1. The molecule has 0 rings (SSSR count). The van der Waals surface area contributed by atoms with Crippen LogP contribution in [0.15, 0.2) is 24.3 Å². The number of hydrogen-bond acceptors (Lipinski definition) is 2. The first-order chi connectivity index (χ1) is 10.2. The molecule has 0 unspecified atom stereocenters. The van der Waals surface area contributed by atoms with Gasteiger partial charge in [-0.05, 0) is 25.7 Å². The number of carboxylic acids is 1. The van der Waals surface area contributed by atoms with Crippen molar-refractivity contribution in [3.63, 3.8) is 0 Å². The van der Waals surface area contributed by atoms with Crippen molar-refractivity contribution in [3.05, 3.63) is 24.3 Å². The molecule has 0 aromatic rings. The molecule has 21 heavy (non-hydrogen) atoms. The number of aliphatic hydroxyl groups excluding tert-OH is 1. The molecule has 0 aliphatic heterocycles. The summed E-state index contributed by atoms with van der Waals surface area (Å²) in [4.78, 5) is 10.3. The Labute approximate surface area is 129 Å². The Morgan fingerprint density at radius 2 is 1.71 bits per heavy atom. The van der Waals surface area contributed by atoms with Gasteiger partial charge in [-0.1, -0.05) is 69.8 Å². The van der Waals surface area contributed by atoms with Gasteiger partial charge >= 0.3 is 5.97 Å². The molecule has 1 atom stereocenters. The number of hydrogen-bond donors (Lipinski definition) is 2. The first kappa shape index (κ1) is 19.9. The van der Waals surface area contributed by atoms with E-state index in [0.29, 0.717) is 6.42 Å². The Bertz CT molecular complexity index is 295. The molecular formula is C18H32O3. The second kappa shape index (κ2) is 15.3. The molecule has 0 aromatic carbocycles. The van der Waals surface area contributed by atoms with Crippen molar-refractivity contribution in [3.8, 4) is 0 Å². The minimum Gasteiger partial charge on any atom is -0.481 e. The first-order valence-electron chi connectivity index (χ1n) is 8.40. The molecule has 0 fully saturated rings. The highest BCUT2D eigenvalue weighted by Gasteiger charge is 1.97. The SMILES string of the molecule is CCCCC[C@H](O)/C=C\C=C\CCCCCCCC(=O)O. The maximum Gasteiger partial charge on any atom is 0.303 e. The lowest BCUT2D eigenvalue weighted by atomic mass is 10.1. The lowest BCUT2D eigenvalue weighted by molar-refractivity contribution is -0.137. The summed E-state index contributed by atoms with van der Waals surface area (Å²) in [6, 6.07) is 0. The van der Waals surface area contributed by atoms with Crippen LogP contribution in [0.25, 0.3) is 0 Å². The van der Waals surface area contributed by atoms with Gasteiger partial charge in [0.2, 0.25) is 0 Å². The maximum absolute atomic E-state index is 10.3. The van der Waals surface area contributed by atoms with Crippen molar-refractivity contribution < 1.29 is 15.0 Å². The van der Waals surface area contributed by atoms with E-state index < -0.39 is 5.97 Å². The molecule has 0 amide bonds. The van der Waals surface area contributed by atoms with Gasteiger partial charge in [0.1, 0.15) is 0 Å². The van der Waals surface area contributed by atoms with Crippen molar-refractivity contribution in [1.29, 1.82) is 0 Å². The third-order valence-corrected chi connectivity index (χ3v) is 3.45. The van der Waals surface area contributed by atoms with Crippen molar-refractivity contribution >= 4 is 5.97 Å². The molecule has 0 saturated carbocycles. The minimum absolute atomic E-state index is 0.297. The van der Waals surface area contributed by atoms with Crippen molar-refractivity contribution in [1.82, 2.24) is 0 Å². The van der Waals surface area contributed by atoms with Crippen LogP contribution in [0, 0.1) is 0 Å². The standard InChI is InChI=1S/C18H32O3/c1-2-3-11-14-17(19)15-12-9-7-5-4-6-8-10-13-16-18(20)21/h7,9,12,15,17,19H,2-6,8,10-11,13-14,16H2,1H3,(H,20,21)/b9-7+,15-12-/t17-/m0/s1. The molecule has 3 nitrogen and oxygen atoms in total. The van der Waals surface area contributed by atoms with Crippen molar-refractivity contribution in [2.24, 2.45) is 0 Å². The van der Waals surface area contributed by atoms with Gasteiger partial charge in [0.05, 0.1) is 6.10 Å². The summed E-state index contributed by atoms with van der Waals surface area (Å²) in [7, 11) is 0. The van der Waals surface area contributed by atoms with Crippen LogP contribution in [0.2, 0.25) is 0 Å². The molecule has 0 aromatic heterocycles. The molecular weight excluding hydrogens is 264 g/mol. The van der Waals surface area contributed by atoms with E-state index >= 15 is 0 Å². The Morgan fingerprint density at radius 3 is 2.43 bits per heavy atom. The van der Waals surface area contributed by atoms with E-state index in [4.69, 9.17) is 5.11 Å². The summed E-state index contributed by atoms with van der Waals surface area (Å²) in [5, 5.41) is 18.2. The van der Waals surface area contributed by atoms with Gasteiger partial charge in [0.25, 0.3) is 0 Å². The highest BCUT2D eigenvalue weighted by atomic mass is 16.4. The van der Waals surface area contributed by atoms with Gasteiger partial charge in [0, 0.05) is 6.42 Å². The van der Waals surface area contributed by atoms with Crippen LogP contribution in [0.5, 0.6) is 0 Å². The Hall–Kier alpha value is -1.09. The number of allylic oxidation sites excluding steroid dienone is 3. The van der Waals surface area contributed by atoms with Gasteiger partial charge in [-0.25, -0.2) is 0 Å². The minimum atomic E-state index is -0.693. The third kappa shape index (κ3) is 16.9. The monoisotopic (exact) mass is 296 g/mol. The third-order valence-electron chi connectivity index (χ3n) is 3.45. The smallest absolute Gasteiger partial charge is 0.303 e. The zero-order valence-electron chi connectivity index (χ0n) is 13.5. The molecule has 0 aliphatic rings. The Balaban J connectivity index is 3.37. The molecule has 0 bridgehead atoms. The van der Waals surface area contributed by atoms with Crippen molar-refractivity contribution in [2.45, 2.75) is 83.7 Å². The largest absolute Gasteiger partial charge is 0.481 e. The van der Waals surface area contributed by atoms with Crippen LogP contribution in [-0.4, -0.2) is 22.3 Å². The van der Waals surface area contributed by atoms with Gasteiger partial charge in [0.15, 0.2) is 0 Å². The summed E-state index contributed by atoms with van der Waals surface area (Å²) in [6.07, 6.45) is 18.5. The number of aliphatic hydroxyl groups is 1. The molecule has 0 aliphatic carbocycles. The van der Waals surface area contributed by atoms with Gasteiger partial charge < -0.3 is 10.2 Å². The molecule has 2 N–H and O–H groups in total. The second-order valence-electron chi connectivity index (χ2n) is 5.58. The highest BCUT2D eigenvalue weighted by molar-refractivity contribution is 5.66. The summed E-state index contributed by atoms with van der Waals surface area (Å²) < 4.78 is 0. The summed E-state index contributed by atoms with van der Waals surface area (Å²) in [5.41, 5.74) is 0. The van der Waals surface area contributed by atoms with E-state index in [-0.39, 0.29) is 6.10 Å². The molecule has 0 spiro atoms. The van der Waals surface area contributed by atoms with Crippen LogP contribution in [0.3, 0.4) is 0 Å². The Morgan fingerprint density at radius 1 is 1.00 bits per heavy atom. The van der Waals surface area contributed by atoms with Gasteiger partial charge in [-0.15, -0.1) is 0 Å². The van der Waals surface area contributed by atoms with E-state index in [0.717, 1.165) is 51.4 Å². The fraction of sp³-hybridized carbons (Fsp3) is 0.722.